The minimum atomic E-state index is 0.457. The molecule has 31 heavy (non-hydrogen) atoms. The lowest BCUT2D eigenvalue weighted by atomic mass is 10.0. The molecule has 0 aliphatic rings. The van der Waals surface area contributed by atoms with E-state index in [0.717, 1.165) is 0 Å². The summed E-state index contributed by atoms with van der Waals surface area (Å²) >= 11 is 0. The standard InChI is InChI=1S/C30H61N/c1-3-5-7-9-11-13-15-16-17-18-19-21-23-25-27-29-30(31)28-26-24-22-20-14-12-10-8-6-4-2/h16-17,30H,3-15,18-29,31H2,1-2H3. The molecule has 0 saturated heterocycles. The van der Waals surface area contributed by atoms with Gasteiger partial charge < -0.3 is 5.73 Å². The van der Waals surface area contributed by atoms with Crippen LogP contribution in [0.25, 0.3) is 0 Å². The van der Waals surface area contributed by atoms with Gasteiger partial charge in [-0.3, -0.25) is 0 Å². The van der Waals surface area contributed by atoms with E-state index in [1.54, 1.807) is 0 Å². The molecule has 0 aliphatic heterocycles. The second-order valence-corrected chi connectivity index (χ2v) is 10.1. The highest BCUT2D eigenvalue weighted by Crippen LogP contribution is 2.14. The van der Waals surface area contributed by atoms with Crippen LogP contribution in [0.5, 0.6) is 0 Å². The average Bonchev–Trinajstić information content (AvgIpc) is 2.77. The summed E-state index contributed by atoms with van der Waals surface area (Å²) in [7, 11) is 0. The lowest BCUT2D eigenvalue weighted by Crippen LogP contribution is -2.19. The Balaban J connectivity index is 3.19. The first-order valence-corrected chi connectivity index (χ1v) is 14.7. The van der Waals surface area contributed by atoms with Crippen molar-refractivity contribution < 1.29 is 0 Å². The Hall–Kier alpha value is -0.300. The van der Waals surface area contributed by atoms with Gasteiger partial charge in [-0.15, -0.1) is 0 Å². The zero-order valence-corrected chi connectivity index (χ0v) is 22.0. The van der Waals surface area contributed by atoms with Crippen molar-refractivity contribution in [1.29, 1.82) is 0 Å². The normalized spacial score (nSPS) is 12.7. The molecule has 0 radical (unpaired) electrons. The van der Waals surface area contributed by atoms with Gasteiger partial charge in [-0.25, -0.2) is 0 Å². The molecular weight excluding hydrogens is 374 g/mol. The summed E-state index contributed by atoms with van der Waals surface area (Å²) in [5.41, 5.74) is 6.33. The van der Waals surface area contributed by atoms with Crippen LogP contribution in [0, 0.1) is 0 Å². The third-order valence-corrected chi connectivity index (χ3v) is 6.77. The van der Waals surface area contributed by atoms with Crippen LogP contribution in [0.4, 0.5) is 0 Å². The van der Waals surface area contributed by atoms with Crippen LogP contribution in [0.3, 0.4) is 0 Å². The topological polar surface area (TPSA) is 26.0 Å². The summed E-state index contributed by atoms with van der Waals surface area (Å²) in [6, 6.07) is 0.457. The van der Waals surface area contributed by atoms with E-state index in [1.807, 2.05) is 0 Å². The van der Waals surface area contributed by atoms with E-state index >= 15 is 0 Å². The molecular formula is C30H61N. The van der Waals surface area contributed by atoms with Crippen LogP contribution in [0.2, 0.25) is 0 Å². The fourth-order valence-electron chi connectivity index (χ4n) is 4.52. The quantitative estimate of drug-likeness (QED) is 0.106. The van der Waals surface area contributed by atoms with Gasteiger partial charge in [0.25, 0.3) is 0 Å². The Bertz CT molecular complexity index is 335. The van der Waals surface area contributed by atoms with Gasteiger partial charge >= 0.3 is 0 Å². The average molecular weight is 436 g/mol. The summed E-state index contributed by atoms with van der Waals surface area (Å²) in [5, 5.41) is 0. The second kappa shape index (κ2) is 27.7. The predicted molar refractivity (Wildman–Crippen MR) is 144 cm³/mol. The van der Waals surface area contributed by atoms with E-state index in [1.165, 1.54) is 161 Å². The zero-order valence-electron chi connectivity index (χ0n) is 22.0. The predicted octanol–water partition coefficient (Wildman–Crippen LogP) is 10.7. The number of allylic oxidation sites excluding steroid dienone is 2. The monoisotopic (exact) mass is 435 g/mol. The van der Waals surface area contributed by atoms with Crippen molar-refractivity contribution in [2.45, 2.75) is 180 Å². The highest BCUT2D eigenvalue weighted by atomic mass is 14.6. The second-order valence-electron chi connectivity index (χ2n) is 10.1. The largest absolute Gasteiger partial charge is 0.328 e. The van der Waals surface area contributed by atoms with Gasteiger partial charge in [0.1, 0.15) is 0 Å². The molecule has 0 heterocycles. The van der Waals surface area contributed by atoms with E-state index in [-0.39, 0.29) is 0 Å². The highest BCUT2D eigenvalue weighted by Gasteiger charge is 2.02. The molecule has 0 fully saturated rings. The number of hydrogen-bond donors (Lipinski definition) is 1. The van der Waals surface area contributed by atoms with Crippen LogP contribution >= 0.6 is 0 Å². The smallest absolute Gasteiger partial charge is 0.00388 e. The molecule has 1 unspecified atom stereocenters. The number of hydrogen-bond acceptors (Lipinski definition) is 1. The Morgan fingerprint density at radius 1 is 0.419 bits per heavy atom. The SMILES string of the molecule is CCCCCCCCC=CCCCCCCCC(N)CCCCCCCCCCCC. The van der Waals surface area contributed by atoms with Crippen LogP contribution < -0.4 is 5.73 Å². The van der Waals surface area contributed by atoms with Crippen LogP contribution in [0.1, 0.15) is 174 Å². The molecule has 0 aromatic heterocycles. The molecule has 1 nitrogen and oxygen atoms in total. The zero-order chi connectivity index (χ0) is 22.7. The Kier molecular flexibility index (Phi) is 27.5. The lowest BCUT2D eigenvalue weighted by Gasteiger charge is -2.11. The first-order valence-electron chi connectivity index (χ1n) is 14.7. The number of unbranched alkanes of at least 4 members (excludes halogenated alkanes) is 20. The van der Waals surface area contributed by atoms with E-state index in [2.05, 4.69) is 26.0 Å². The van der Waals surface area contributed by atoms with Crippen molar-refractivity contribution in [1.82, 2.24) is 0 Å². The van der Waals surface area contributed by atoms with Gasteiger partial charge in [-0.05, 0) is 38.5 Å². The maximum atomic E-state index is 6.33. The van der Waals surface area contributed by atoms with Crippen molar-refractivity contribution in [2.24, 2.45) is 5.73 Å². The fraction of sp³-hybridized carbons (Fsp3) is 0.933. The third-order valence-electron chi connectivity index (χ3n) is 6.77. The van der Waals surface area contributed by atoms with E-state index < -0.39 is 0 Å². The Morgan fingerprint density at radius 2 is 0.710 bits per heavy atom. The molecule has 0 aliphatic carbocycles. The van der Waals surface area contributed by atoms with Crippen LogP contribution in [0.15, 0.2) is 12.2 Å². The minimum absolute atomic E-state index is 0.457. The van der Waals surface area contributed by atoms with Gasteiger partial charge in [-0.2, -0.15) is 0 Å². The van der Waals surface area contributed by atoms with E-state index in [0.29, 0.717) is 6.04 Å². The molecule has 186 valence electrons. The molecule has 0 aromatic carbocycles. The molecule has 0 bridgehead atoms. The highest BCUT2D eigenvalue weighted by molar-refractivity contribution is 4.81. The first-order chi connectivity index (χ1) is 15.3. The maximum Gasteiger partial charge on any atom is 0.00388 e. The molecule has 0 aromatic rings. The molecule has 0 spiro atoms. The van der Waals surface area contributed by atoms with Gasteiger partial charge in [0.05, 0.1) is 0 Å². The molecule has 2 N–H and O–H groups in total. The fourth-order valence-corrected chi connectivity index (χ4v) is 4.52. The number of nitrogens with two attached hydrogens (primary N) is 1. The van der Waals surface area contributed by atoms with Gasteiger partial charge in [0.2, 0.25) is 0 Å². The molecule has 0 saturated carbocycles. The summed E-state index contributed by atoms with van der Waals surface area (Å²) in [6.07, 6.45) is 39.5. The lowest BCUT2D eigenvalue weighted by molar-refractivity contribution is 0.481. The Labute approximate surface area is 198 Å². The maximum absolute atomic E-state index is 6.33. The summed E-state index contributed by atoms with van der Waals surface area (Å²) < 4.78 is 0. The van der Waals surface area contributed by atoms with Crippen molar-refractivity contribution >= 4 is 0 Å². The summed E-state index contributed by atoms with van der Waals surface area (Å²) in [4.78, 5) is 0. The van der Waals surface area contributed by atoms with Crippen molar-refractivity contribution in [3.8, 4) is 0 Å². The molecule has 1 heteroatoms. The minimum Gasteiger partial charge on any atom is -0.328 e. The summed E-state index contributed by atoms with van der Waals surface area (Å²) in [6.45, 7) is 4.58. The van der Waals surface area contributed by atoms with Crippen LogP contribution in [-0.4, -0.2) is 6.04 Å². The van der Waals surface area contributed by atoms with Crippen molar-refractivity contribution in [3.63, 3.8) is 0 Å². The number of rotatable bonds is 26. The first kappa shape index (κ1) is 30.7. The van der Waals surface area contributed by atoms with E-state index in [9.17, 15) is 0 Å². The third kappa shape index (κ3) is 27.7. The van der Waals surface area contributed by atoms with E-state index in [4.69, 9.17) is 5.73 Å². The molecule has 0 rings (SSSR count). The molecule has 0 amide bonds. The van der Waals surface area contributed by atoms with Crippen molar-refractivity contribution in [3.05, 3.63) is 12.2 Å². The summed E-state index contributed by atoms with van der Waals surface area (Å²) in [5.74, 6) is 0. The molecule has 1 atom stereocenters. The van der Waals surface area contributed by atoms with Gasteiger partial charge in [-0.1, -0.05) is 148 Å². The van der Waals surface area contributed by atoms with Crippen molar-refractivity contribution in [2.75, 3.05) is 0 Å². The van der Waals surface area contributed by atoms with Crippen LogP contribution in [-0.2, 0) is 0 Å². The van der Waals surface area contributed by atoms with Gasteiger partial charge in [0.15, 0.2) is 0 Å². The van der Waals surface area contributed by atoms with Gasteiger partial charge in [0, 0.05) is 6.04 Å². The Morgan fingerprint density at radius 3 is 1.06 bits per heavy atom.